The fourth-order valence-corrected chi connectivity index (χ4v) is 1.80. The highest BCUT2D eigenvalue weighted by atomic mass is 79.9. The summed E-state index contributed by atoms with van der Waals surface area (Å²) >= 11 is 3.06. The van der Waals surface area contributed by atoms with Gasteiger partial charge in [-0.3, -0.25) is 0 Å². The Bertz CT molecular complexity index is 398. The van der Waals surface area contributed by atoms with Gasteiger partial charge in [-0.05, 0) is 41.4 Å². The van der Waals surface area contributed by atoms with Gasteiger partial charge < -0.3 is 10.8 Å². The predicted octanol–water partition coefficient (Wildman–Crippen LogP) is 3.68. The molecule has 1 aromatic carbocycles. The van der Waals surface area contributed by atoms with Gasteiger partial charge in [0, 0.05) is 11.6 Å². The second-order valence-electron chi connectivity index (χ2n) is 3.59. The highest BCUT2D eigenvalue weighted by molar-refractivity contribution is 9.10. The molecule has 0 aliphatic carbocycles. The summed E-state index contributed by atoms with van der Waals surface area (Å²) < 4.78 is 13.4. The van der Waals surface area contributed by atoms with Crippen molar-refractivity contribution < 1.29 is 9.50 Å². The third kappa shape index (κ3) is 3.77. The van der Waals surface area contributed by atoms with Crippen LogP contribution in [-0.4, -0.2) is 5.11 Å². The number of halogens is 3. The molecule has 0 spiro atoms. The lowest BCUT2D eigenvalue weighted by atomic mass is 10.0. The van der Waals surface area contributed by atoms with Crippen LogP contribution in [0.2, 0.25) is 0 Å². The van der Waals surface area contributed by atoms with E-state index in [0.29, 0.717) is 16.5 Å². The third-order valence-corrected chi connectivity index (χ3v) is 2.63. The van der Waals surface area contributed by atoms with E-state index in [-0.39, 0.29) is 18.2 Å². The molecule has 16 heavy (non-hydrogen) atoms. The topological polar surface area (TPSA) is 46.2 Å². The molecule has 3 N–H and O–H groups in total. The van der Waals surface area contributed by atoms with Gasteiger partial charge in [-0.1, -0.05) is 5.57 Å². The van der Waals surface area contributed by atoms with Crippen LogP contribution >= 0.6 is 28.3 Å². The van der Waals surface area contributed by atoms with Crippen LogP contribution in [0.5, 0.6) is 5.75 Å². The lowest BCUT2D eigenvalue weighted by Gasteiger charge is -2.14. The van der Waals surface area contributed by atoms with E-state index in [9.17, 15) is 9.50 Å². The Balaban J connectivity index is 0.00000225. The maximum Gasteiger partial charge on any atom is 0.134 e. The molecular weight excluding hydrogens is 296 g/mol. The molecule has 1 atom stereocenters. The minimum absolute atomic E-state index is 0. The summed E-state index contributed by atoms with van der Waals surface area (Å²) in [6.07, 6.45) is 0.517. The number of aromatic hydroxyl groups is 1. The summed E-state index contributed by atoms with van der Waals surface area (Å²) in [5, 5.41) is 9.68. The molecule has 0 saturated carbocycles. The van der Waals surface area contributed by atoms with Gasteiger partial charge in [0.1, 0.15) is 11.6 Å². The molecule has 1 rings (SSSR count). The lowest BCUT2D eigenvalue weighted by Crippen LogP contribution is -2.11. The second kappa shape index (κ2) is 6.23. The zero-order valence-corrected chi connectivity index (χ0v) is 11.2. The molecule has 90 valence electrons. The molecule has 0 radical (unpaired) electrons. The van der Waals surface area contributed by atoms with E-state index in [1.165, 1.54) is 12.1 Å². The number of nitrogens with two attached hydrogens (primary N) is 1. The van der Waals surface area contributed by atoms with E-state index < -0.39 is 11.9 Å². The fraction of sp³-hybridized carbons (Fsp3) is 0.273. The summed E-state index contributed by atoms with van der Waals surface area (Å²) in [4.78, 5) is 0. The van der Waals surface area contributed by atoms with E-state index in [4.69, 9.17) is 5.73 Å². The van der Waals surface area contributed by atoms with Crippen LogP contribution in [0, 0.1) is 5.82 Å². The number of phenolic OH excluding ortho intramolecular Hbond substituents is 1. The summed E-state index contributed by atoms with van der Waals surface area (Å²) in [7, 11) is 0. The molecular formula is C11H14BrClFNO. The molecule has 0 bridgehead atoms. The van der Waals surface area contributed by atoms with Crippen LogP contribution in [-0.2, 0) is 0 Å². The summed E-state index contributed by atoms with van der Waals surface area (Å²) in [6.45, 7) is 5.57. The zero-order valence-electron chi connectivity index (χ0n) is 8.84. The molecule has 0 amide bonds. The molecule has 0 heterocycles. The van der Waals surface area contributed by atoms with Crippen molar-refractivity contribution in [2.45, 2.75) is 19.4 Å². The largest absolute Gasteiger partial charge is 0.506 e. The predicted molar refractivity (Wildman–Crippen MR) is 69.4 cm³/mol. The SMILES string of the molecule is C=C(C)C[C@@H](N)c1cc(F)cc(Br)c1O.Cl. The molecule has 1 aromatic rings. The highest BCUT2D eigenvalue weighted by Gasteiger charge is 2.15. The molecule has 0 saturated heterocycles. The van der Waals surface area contributed by atoms with Gasteiger partial charge in [-0.25, -0.2) is 4.39 Å². The van der Waals surface area contributed by atoms with Crippen LogP contribution in [0.4, 0.5) is 4.39 Å². The first-order valence-electron chi connectivity index (χ1n) is 4.49. The van der Waals surface area contributed by atoms with Crippen molar-refractivity contribution in [3.8, 4) is 5.75 Å². The lowest BCUT2D eigenvalue weighted by molar-refractivity contribution is 0.454. The number of phenols is 1. The number of hydrogen-bond acceptors (Lipinski definition) is 2. The highest BCUT2D eigenvalue weighted by Crippen LogP contribution is 2.33. The zero-order chi connectivity index (χ0) is 11.6. The Morgan fingerprint density at radius 1 is 1.62 bits per heavy atom. The number of benzene rings is 1. The van der Waals surface area contributed by atoms with Crippen molar-refractivity contribution in [3.63, 3.8) is 0 Å². The Morgan fingerprint density at radius 3 is 2.69 bits per heavy atom. The molecule has 5 heteroatoms. The maximum absolute atomic E-state index is 13.1. The molecule has 0 aliphatic rings. The standard InChI is InChI=1S/C11H13BrFNO.ClH/c1-6(2)3-10(14)8-4-7(13)5-9(12)11(8)15;/h4-5,10,15H,1,3,14H2,2H3;1H/t10-;/m1./s1. The summed E-state index contributed by atoms with van der Waals surface area (Å²) in [5.41, 5.74) is 7.11. The molecule has 0 unspecified atom stereocenters. The van der Waals surface area contributed by atoms with Gasteiger partial charge in [-0.2, -0.15) is 0 Å². The van der Waals surface area contributed by atoms with Crippen LogP contribution < -0.4 is 5.73 Å². The second-order valence-corrected chi connectivity index (χ2v) is 4.45. The fourth-order valence-electron chi connectivity index (χ4n) is 1.35. The van der Waals surface area contributed by atoms with Gasteiger partial charge in [0.25, 0.3) is 0 Å². The first-order chi connectivity index (χ1) is 6.91. The Labute approximate surface area is 109 Å². The van der Waals surface area contributed by atoms with Gasteiger partial charge in [0.2, 0.25) is 0 Å². The normalized spacial score (nSPS) is 11.8. The van der Waals surface area contributed by atoms with Crippen molar-refractivity contribution >= 4 is 28.3 Å². The van der Waals surface area contributed by atoms with Crippen molar-refractivity contribution in [3.05, 3.63) is 40.1 Å². The van der Waals surface area contributed by atoms with E-state index in [2.05, 4.69) is 22.5 Å². The quantitative estimate of drug-likeness (QED) is 0.837. The first kappa shape index (κ1) is 15.4. The van der Waals surface area contributed by atoms with Crippen LogP contribution in [0.3, 0.4) is 0 Å². The molecule has 0 aliphatic heterocycles. The van der Waals surface area contributed by atoms with Crippen molar-refractivity contribution in [1.82, 2.24) is 0 Å². The van der Waals surface area contributed by atoms with E-state index in [1.807, 2.05) is 6.92 Å². The van der Waals surface area contributed by atoms with Gasteiger partial charge >= 0.3 is 0 Å². The molecule has 2 nitrogen and oxygen atoms in total. The van der Waals surface area contributed by atoms with Crippen molar-refractivity contribution in [1.29, 1.82) is 0 Å². The Hall–Kier alpha value is -0.580. The first-order valence-corrected chi connectivity index (χ1v) is 5.29. The van der Waals surface area contributed by atoms with Gasteiger partial charge in [0.05, 0.1) is 4.47 Å². The average Bonchev–Trinajstić information content (AvgIpc) is 2.09. The van der Waals surface area contributed by atoms with E-state index >= 15 is 0 Å². The Morgan fingerprint density at radius 2 is 2.19 bits per heavy atom. The summed E-state index contributed by atoms with van der Waals surface area (Å²) in [6, 6.07) is 2.01. The molecule has 0 aromatic heterocycles. The van der Waals surface area contributed by atoms with Gasteiger partial charge in [0.15, 0.2) is 0 Å². The van der Waals surface area contributed by atoms with Crippen molar-refractivity contribution in [2.75, 3.05) is 0 Å². The van der Waals surface area contributed by atoms with Gasteiger partial charge in [-0.15, -0.1) is 19.0 Å². The van der Waals surface area contributed by atoms with Crippen LogP contribution in [0.1, 0.15) is 24.9 Å². The maximum atomic E-state index is 13.1. The number of rotatable bonds is 3. The summed E-state index contributed by atoms with van der Waals surface area (Å²) in [5.74, 6) is -0.433. The molecule has 0 fully saturated rings. The Kier molecular flexibility index (Phi) is 6.00. The van der Waals surface area contributed by atoms with E-state index in [1.54, 1.807) is 0 Å². The van der Waals surface area contributed by atoms with Crippen LogP contribution in [0.15, 0.2) is 28.8 Å². The monoisotopic (exact) mass is 309 g/mol. The minimum Gasteiger partial charge on any atom is -0.506 e. The average molecular weight is 311 g/mol. The third-order valence-electron chi connectivity index (χ3n) is 2.03. The van der Waals surface area contributed by atoms with Crippen molar-refractivity contribution in [2.24, 2.45) is 5.73 Å². The smallest absolute Gasteiger partial charge is 0.134 e. The minimum atomic E-state index is -0.436. The number of hydrogen-bond donors (Lipinski definition) is 2. The van der Waals surface area contributed by atoms with Crippen LogP contribution in [0.25, 0.3) is 0 Å². The van der Waals surface area contributed by atoms with E-state index in [0.717, 1.165) is 5.57 Å².